The van der Waals surface area contributed by atoms with Crippen LogP contribution in [-0.2, 0) is 6.42 Å². The van der Waals surface area contributed by atoms with E-state index in [1.807, 2.05) is 6.07 Å². The quantitative estimate of drug-likeness (QED) is 0.855. The van der Waals surface area contributed by atoms with Crippen molar-refractivity contribution in [3.8, 4) is 5.75 Å². The molecule has 1 aromatic rings. The van der Waals surface area contributed by atoms with Gasteiger partial charge in [-0.15, -0.1) is 0 Å². The van der Waals surface area contributed by atoms with Gasteiger partial charge in [0.05, 0.1) is 7.11 Å². The summed E-state index contributed by atoms with van der Waals surface area (Å²) in [6, 6.07) is 1.93. The van der Waals surface area contributed by atoms with Crippen LogP contribution in [0.15, 0.2) is 12.3 Å². The molecule has 3 nitrogen and oxygen atoms in total. The zero-order valence-corrected chi connectivity index (χ0v) is 9.55. The topological polar surface area (TPSA) is 34.1 Å². The van der Waals surface area contributed by atoms with Crippen LogP contribution in [0.1, 0.15) is 12.1 Å². The van der Waals surface area contributed by atoms with Crippen LogP contribution in [-0.4, -0.2) is 25.2 Å². The lowest BCUT2D eigenvalue weighted by Gasteiger charge is -2.09. The third kappa shape index (κ3) is 2.61. The van der Waals surface area contributed by atoms with Crippen LogP contribution >= 0.6 is 11.6 Å². The Morgan fingerprint density at radius 1 is 1.67 bits per heavy atom. The summed E-state index contributed by atoms with van der Waals surface area (Å²) in [7, 11) is 1.63. The van der Waals surface area contributed by atoms with Gasteiger partial charge in [-0.2, -0.15) is 0 Å². The number of hydrogen-bond acceptors (Lipinski definition) is 3. The van der Waals surface area contributed by atoms with Gasteiger partial charge in [-0.05, 0) is 31.8 Å². The summed E-state index contributed by atoms with van der Waals surface area (Å²) in [6.07, 6.45) is 3.89. The van der Waals surface area contributed by atoms with Crippen molar-refractivity contribution in [2.45, 2.75) is 12.8 Å². The molecule has 1 aliphatic rings. The van der Waals surface area contributed by atoms with Crippen molar-refractivity contribution in [3.05, 3.63) is 23.0 Å². The molecule has 1 aliphatic heterocycles. The SMILES string of the molecule is COc1cc(C[C@@H]2CCNC2)ncc1Cl. The van der Waals surface area contributed by atoms with Gasteiger partial charge in [0.15, 0.2) is 0 Å². The Labute approximate surface area is 94.8 Å². The zero-order valence-electron chi connectivity index (χ0n) is 8.79. The molecule has 2 rings (SSSR count). The molecule has 0 aliphatic carbocycles. The first kappa shape index (κ1) is 10.7. The predicted molar refractivity (Wildman–Crippen MR) is 60.5 cm³/mol. The zero-order chi connectivity index (χ0) is 10.7. The van der Waals surface area contributed by atoms with Crippen LogP contribution in [0.2, 0.25) is 5.02 Å². The van der Waals surface area contributed by atoms with Crippen molar-refractivity contribution in [2.75, 3.05) is 20.2 Å². The number of ether oxygens (including phenoxy) is 1. The average molecular weight is 227 g/mol. The maximum Gasteiger partial charge on any atom is 0.140 e. The third-order valence-corrected chi connectivity index (χ3v) is 3.04. The van der Waals surface area contributed by atoms with Crippen LogP contribution in [0.4, 0.5) is 0 Å². The van der Waals surface area contributed by atoms with Crippen molar-refractivity contribution in [1.29, 1.82) is 0 Å². The molecule has 1 aromatic heterocycles. The van der Waals surface area contributed by atoms with E-state index in [2.05, 4.69) is 10.3 Å². The highest BCUT2D eigenvalue weighted by Gasteiger charge is 2.16. The Hall–Kier alpha value is -0.800. The number of hydrogen-bond donors (Lipinski definition) is 1. The molecule has 1 atom stereocenters. The van der Waals surface area contributed by atoms with E-state index < -0.39 is 0 Å². The molecular weight excluding hydrogens is 212 g/mol. The minimum absolute atomic E-state index is 0.575. The smallest absolute Gasteiger partial charge is 0.140 e. The Bertz CT molecular complexity index is 337. The molecule has 0 radical (unpaired) electrons. The fraction of sp³-hybridized carbons (Fsp3) is 0.545. The number of aromatic nitrogens is 1. The van der Waals surface area contributed by atoms with E-state index in [9.17, 15) is 0 Å². The van der Waals surface area contributed by atoms with Crippen molar-refractivity contribution in [1.82, 2.24) is 10.3 Å². The number of pyridine rings is 1. The average Bonchev–Trinajstić information content (AvgIpc) is 2.73. The molecular formula is C11H15ClN2O. The molecule has 0 bridgehead atoms. The minimum Gasteiger partial charge on any atom is -0.495 e. The largest absolute Gasteiger partial charge is 0.495 e. The second kappa shape index (κ2) is 4.81. The number of rotatable bonds is 3. The molecule has 2 heterocycles. The first-order valence-corrected chi connectivity index (χ1v) is 5.56. The lowest BCUT2D eigenvalue weighted by atomic mass is 10.0. The predicted octanol–water partition coefficient (Wildman–Crippen LogP) is 1.90. The Morgan fingerprint density at radius 2 is 2.53 bits per heavy atom. The summed E-state index contributed by atoms with van der Waals surface area (Å²) in [6.45, 7) is 2.21. The Balaban J connectivity index is 2.07. The highest BCUT2D eigenvalue weighted by atomic mass is 35.5. The van der Waals surface area contributed by atoms with Crippen LogP contribution in [0.3, 0.4) is 0 Å². The van der Waals surface area contributed by atoms with Gasteiger partial charge >= 0.3 is 0 Å². The van der Waals surface area contributed by atoms with Gasteiger partial charge in [-0.25, -0.2) is 0 Å². The molecule has 1 fully saturated rings. The van der Waals surface area contributed by atoms with Crippen LogP contribution in [0, 0.1) is 5.92 Å². The van der Waals surface area contributed by atoms with E-state index in [4.69, 9.17) is 16.3 Å². The van der Waals surface area contributed by atoms with Gasteiger partial charge < -0.3 is 10.1 Å². The summed E-state index contributed by atoms with van der Waals surface area (Å²) < 4.78 is 5.16. The molecule has 1 N–H and O–H groups in total. The van der Waals surface area contributed by atoms with Gasteiger partial charge in [0.2, 0.25) is 0 Å². The number of methoxy groups -OCH3 is 1. The summed E-state index contributed by atoms with van der Waals surface area (Å²) in [4.78, 5) is 4.31. The van der Waals surface area contributed by atoms with E-state index in [-0.39, 0.29) is 0 Å². The first-order chi connectivity index (χ1) is 7.29. The highest BCUT2D eigenvalue weighted by molar-refractivity contribution is 6.31. The molecule has 1 saturated heterocycles. The summed E-state index contributed by atoms with van der Waals surface area (Å²) in [5, 5.41) is 3.92. The molecule has 15 heavy (non-hydrogen) atoms. The second-order valence-corrected chi connectivity index (χ2v) is 4.28. The van der Waals surface area contributed by atoms with Gasteiger partial charge in [-0.1, -0.05) is 11.6 Å². The van der Waals surface area contributed by atoms with Gasteiger partial charge in [-0.3, -0.25) is 4.98 Å². The molecule has 0 unspecified atom stereocenters. The van der Waals surface area contributed by atoms with E-state index in [0.717, 1.165) is 25.2 Å². The summed E-state index contributed by atoms with van der Waals surface area (Å²) >= 11 is 5.91. The highest BCUT2D eigenvalue weighted by Crippen LogP contribution is 2.25. The van der Waals surface area contributed by atoms with E-state index in [1.165, 1.54) is 6.42 Å². The van der Waals surface area contributed by atoms with Gasteiger partial charge in [0, 0.05) is 18.0 Å². The monoisotopic (exact) mass is 226 g/mol. The summed E-state index contributed by atoms with van der Waals surface area (Å²) in [5.41, 5.74) is 1.06. The van der Waals surface area contributed by atoms with E-state index in [0.29, 0.717) is 16.7 Å². The lowest BCUT2D eigenvalue weighted by molar-refractivity contribution is 0.413. The Morgan fingerprint density at radius 3 is 3.20 bits per heavy atom. The van der Waals surface area contributed by atoms with Gasteiger partial charge in [0.25, 0.3) is 0 Å². The number of nitrogens with one attached hydrogen (secondary N) is 1. The van der Waals surface area contributed by atoms with Crippen LogP contribution in [0.25, 0.3) is 0 Å². The summed E-state index contributed by atoms with van der Waals surface area (Å²) in [5.74, 6) is 1.41. The first-order valence-electron chi connectivity index (χ1n) is 5.18. The van der Waals surface area contributed by atoms with E-state index in [1.54, 1.807) is 13.3 Å². The second-order valence-electron chi connectivity index (χ2n) is 3.87. The maximum absolute atomic E-state index is 5.91. The lowest BCUT2D eigenvalue weighted by Crippen LogP contribution is -2.11. The number of nitrogens with zero attached hydrogens (tertiary/aromatic N) is 1. The van der Waals surface area contributed by atoms with Gasteiger partial charge in [0.1, 0.15) is 10.8 Å². The maximum atomic E-state index is 5.91. The van der Waals surface area contributed by atoms with Crippen molar-refractivity contribution in [2.24, 2.45) is 5.92 Å². The van der Waals surface area contributed by atoms with Crippen LogP contribution < -0.4 is 10.1 Å². The number of halogens is 1. The third-order valence-electron chi connectivity index (χ3n) is 2.76. The Kier molecular flexibility index (Phi) is 3.44. The minimum atomic E-state index is 0.575. The normalized spacial score (nSPS) is 20.5. The van der Waals surface area contributed by atoms with Crippen molar-refractivity contribution < 1.29 is 4.74 Å². The van der Waals surface area contributed by atoms with Crippen molar-refractivity contribution >= 4 is 11.6 Å². The molecule has 0 aromatic carbocycles. The standard InChI is InChI=1S/C11H15ClN2O/c1-15-11-5-9(14-7-10(11)12)4-8-2-3-13-6-8/h5,7-8,13H,2-4,6H2,1H3/t8-/m0/s1. The molecule has 0 amide bonds. The van der Waals surface area contributed by atoms with Crippen LogP contribution in [0.5, 0.6) is 5.75 Å². The van der Waals surface area contributed by atoms with E-state index >= 15 is 0 Å². The fourth-order valence-electron chi connectivity index (χ4n) is 1.91. The van der Waals surface area contributed by atoms with Crippen molar-refractivity contribution in [3.63, 3.8) is 0 Å². The molecule has 4 heteroatoms. The fourth-order valence-corrected chi connectivity index (χ4v) is 2.09. The molecule has 82 valence electrons. The molecule has 0 spiro atoms. The molecule has 0 saturated carbocycles.